The summed E-state index contributed by atoms with van der Waals surface area (Å²) in [7, 11) is 0. The number of benzene rings is 2. The Morgan fingerprint density at radius 3 is 2.72 bits per heavy atom. The van der Waals surface area contributed by atoms with Crippen molar-refractivity contribution in [2.24, 2.45) is 16.1 Å². The first kappa shape index (κ1) is 34.9. The van der Waals surface area contributed by atoms with Crippen molar-refractivity contribution in [3.63, 3.8) is 0 Å². The molecule has 13 heteroatoms. The van der Waals surface area contributed by atoms with Crippen molar-refractivity contribution in [2.45, 2.75) is 58.7 Å². The molecule has 6 N–H and O–H groups in total. The van der Waals surface area contributed by atoms with Crippen molar-refractivity contribution in [2.75, 3.05) is 37.9 Å². The Kier molecular flexibility index (Phi) is 10.7. The second-order valence-electron chi connectivity index (χ2n) is 13.7. The molecule has 6 rings (SSSR count). The summed E-state index contributed by atoms with van der Waals surface area (Å²) in [6.07, 6.45) is 4.83. The molecule has 2 aliphatic rings. The number of amidine groups is 1. The van der Waals surface area contributed by atoms with Crippen LogP contribution in [0, 0.1) is 5.41 Å². The van der Waals surface area contributed by atoms with Gasteiger partial charge in [-0.1, -0.05) is 51.1 Å². The molecule has 1 aliphatic carbocycles. The normalized spacial score (nSPS) is 20.0. The van der Waals surface area contributed by atoms with E-state index in [0.717, 1.165) is 35.0 Å². The summed E-state index contributed by atoms with van der Waals surface area (Å²) in [4.78, 5) is 20.2. The molecule has 3 heterocycles. The summed E-state index contributed by atoms with van der Waals surface area (Å²) in [5.41, 5.74) is 10.2. The summed E-state index contributed by atoms with van der Waals surface area (Å²) >= 11 is 0. The lowest BCUT2D eigenvalue weighted by Crippen LogP contribution is -2.82. The van der Waals surface area contributed by atoms with Crippen molar-refractivity contribution >= 4 is 29.1 Å². The fraction of sp³-hybridized carbons (Fsp3) is 0.405. The Balaban J connectivity index is 1.20. The van der Waals surface area contributed by atoms with Gasteiger partial charge >= 0.3 is 6.03 Å². The van der Waals surface area contributed by atoms with Gasteiger partial charge in [0.2, 0.25) is 11.8 Å². The van der Waals surface area contributed by atoms with Crippen molar-refractivity contribution in [3.05, 3.63) is 89.8 Å². The van der Waals surface area contributed by atoms with Gasteiger partial charge < -0.3 is 35.3 Å². The highest BCUT2D eigenvalue weighted by Gasteiger charge is 2.30. The molecule has 1 fully saturated rings. The summed E-state index contributed by atoms with van der Waals surface area (Å²) < 4.78 is 19.8. The molecule has 0 unspecified atom stereocenters. The second kappa shape index (κ2) is 15.3. The summed E-state index contributed by atoms with van der Waals surface area (Å²) in [6.45, 7) is 10.3. The average Bonchev–Trinajstić information content (AvgIpc) is 3.51. The number of anilines is 1. The van der Waals surface area contributed by atoms with Crippen LogP contribution in [-0.2, 0) is 4.74 Å². The number of nitrogens with one attached hydrogen (secondary N) is 1. The number of amides is 2. The Bertz CT molecular complexity index is 1870. The summed E-state index contributed by atoms with van der Waals surface area (Å²) in [5, 5.41) is 22.9. The molecule has 1 saturated heterocycles. The maximum Gasteiger partial charge on any atom is 0.346 e. The van der Waals surface area contributed by atoms with E-state index < -0.39 is 6.03 Å². The molecule has 0 bridgehead atoms. The number of fused-ring (bicyclic) bond motifs is 2. The van der Waals surface area contributed by atoms with Gasteiger partial charge in [0, 0.05) is 29.8 Å². The summed E-state index contributed by atoms with van der Waals surface area (Å²) in [6, 6.07) is 18.7. The number of hydrogen-bond acceptors (Lipinski definition) is 9. The molecular formula is C37H47N8O5+. The predicted molar refractivity (Wildman–Crippen MR) is 191 cm³/mol. The van der Waals surface area contributed by atoms with Crippen LogP contribution >= 0.6 is 0 Å². The van der Waals surface area contributed by atoms with E-state index in [1.54, 1.807) is 11.4 Å². The smallest absolute Gasteiger partial charge is 0.346 e. The minimum atomic E-state index is -0.469. The number of aliphatic imine (C=N–C) groups is 1. The highest BCUT2D eigenvalue weighted by atomic mass is 16.5. The van der Waals surface area contributed by atoms with Crippen molar-refractivity contribution in [3.8, 4) is 11.5 Å². The minimum absolute atomic E-state index is 0.0859. The molecule has 1 aliphatic heterocycles. The fourth-order valence-electron chi connectivity index (χ4n) is 6.15. The standard InChI is InChI=1S/C37H46N8O5/c1-24-23-48-18-16-44(24)36-43-42-34-15-12-27(22-45(34)36)50-31-14-13-30(28-10-5-6-11-29(28)31)40-35(47)41-33(21-32(38)37(2,3)4)39-25-8-7-9-26(20-25)49-19-17-46/h5-12,15,20-22,24,30-31,46H,13-14,16-19,23,38H2,1-4H3,(H2,39,40,41,47)/p+1/b32-21-/t24-,30-,31+/m0/s1. The van der Waals surface area contributed by atoms with Gasteiger partial charge in [0.15, 0.2) is 5.65 Å². The number of nitrogens with two attached hydrogens (primary N) is 2. The van der Waals surface area contributed by atoms with Crippen LogP contribution in [-0.4, -0.2) is 70.6 Å². The maximum atomic E-state index is 13.5. The lowest BCUT2D eigenvalue weighted by atomic mass is 9.85. The average molecular weight is 684 g/mol. The number of allylic oxidation sites excluding steroid dienone is 1. The van der Waals surface area contributed by atoms with Gasteiger partial charge in [-0.25, -0.2) is 4.79 Å². The quantitative estimate of drug-likeness (QED) is 0.115. The monoisotopic (exact) mass is 683 g/mol. The van der Waals surface area contributed by atoms with E-state index in [2.05, 4.69) is 38.4 Å². The zero-order chi connectivity index (χ0) is 35.3. The third-order valence-corrected chi connectivity index (χ3v) is 8.93. The largest absolute Gasteiger partial charge is 0.491 e. The van der Waals surface area contributed by atoms with Crippen LogP contribution in [0.25, 0.3) is 5.65 Å². The van der Waals surface area contributed by atoms with Crippen LogP contribution in [0.3, 0.4) is 0 Å². The maximum absolute atomic E-state index is 13.5. The molecule has 0 radical (unpaired) electrons. The van der Waals surface area contributed by atoms with Gasteiger partial charge in [-0.05, 0) is 55.2 Å². The molecule has 0 saturated carbocycles. The third kappa shape index (κ3) is 8.24. The zero-order valence-corrected chi connectivity index (χ0v) is 29.1. The van der Waals surface area contributed by atoms with Gasteiger partial charge in [0.25, 0.3) is 0 Å². The van der Waals surface area contributed by atoms with E-state index in [-0.39, 0.29) is 36.8 Å². The van der Waals surface area contributed by atoms with Crippen molar-refractivity contribution < 1.29 is 29.4 Å². The van der Waals surface area contributed by atoms with E-state index in [0.29, 0.717) is 49.1 Å². The number of carbonyl (C=O) groups is 1. The lowest BCUT2D eigenvalue weighted by Gasteiger charge is -2.33. The number of aliphatic hydroxyl groups is 1. The highest BCUT2D eigenvalue weighted by Crippen LogP contribution is 2.39. The third-order valence-electron chi connectivity index (χ3n) is 8.93. The van der Waals surface area contributed by atoms with Crippen LogP contribution in [0.15, 0.2) is 83.6 Å². The number of carbonyl (C=O) groups excluding carboxylic acids is 1. The number of hydrogen-bond donors (Lipinski definition) is 4. The minimum Gasteiger partial charge on any atom is -0.491 e. The number of quaternary nitrogens is 1. The Hall–Kier alpha value is -4.98. The van der Waals surface area contributed by atoms with Gasteiger partial charge in [0.1, 0.15) is 29.9 Å². The Labute approximate surface area is 292 Å². The number of aliphatic hydroxyl groups excluding tert-OH is 1. The second-order valence-corrected chi connectivity index (χ2v) is 13.7. The van der Waals surface area contributed by atoms with Crippen LogP contribution in [0.4, 0.5) is 16.4 Å². The highest BCUT2D eigenvalue weighted by molar-refractivity contribution is 5.96. The van der Waals surface area contributed by atoms with Crippen LogP contribution in [0.1, 0.15) is 63.8 Å². The molecule has 4 aromatic rings. The van der Waals surface area contributed by atoms with E-state index in [1.165, 1.54) is 0 Å². The first-order chi connectivity index (χ1) is 24.1. The van der Waals surface area contributed by atoms with Gasteiger partial charge in [-0.2, -0.15) is 0 Å². The number of urea groups is 1. The topological polar surface area (TPSA) is 165 Å². The Morgan fingerprint density at radius 2 is 1.94 bits per heavy atom. The number of ether oxygens (including phenoxy) is 3. The van der Waals surface area contributed by atoms with Gasteiger partial charge in [-0.15, -0.1) is 15.2 Å². The fourth-order valence-corrected chi connectivity index (χ4v) is 6.15. The number of pyridine rings is 1. The molecule has 13 nitrogen and oxygen atoms in total. The SMILES string of the molecule is C[C@H]1COCCN1c1nnc2ccc(O[C@@H]3CC[C@H](NC(=O)/N=C(\C=C(/N)C(C)(C)C)[NH2+]c4cccc(OCCO)c4)c4ccccc43)cn12. The lowest BCUT2D eigenvalue weighted by molar-refractivity contribution is -0.441. The van der Waals surface area contributed by atoms with E-state index in [4.69, 9.17) is 25.1 Å². The first-order valence-corrected chi connectivity index (χ1v) is 17.1. The summed E-state index contributed by atoms with van der Waals surface area (Å²) in [5.74, 6) is 2.50. The predicted octanol–water partition coefficient (Wildman–Crippen LogP) is 4.17. The van der Waals surface area contributed by atoms with E-state index >= 15 is 0 Å². The molecule has 50 heavy (non-hydrogen) atoms. The molecule has 3 atom stereocenters. The number of aromatic nitrogens is 3. The molecule has 2 aromatic heterocycles. The number of morpholine rings is 1. The van der Waals surface area contributed by atoms with Crippen molar-refractivity contribution in [1.82, 2.24) is 19.9 Å². The van der Waals surface area contributed by atoms with Gasteiger partial charge in [0.05, 0.1) is 38.1 Å². The Morgan fingerprint density at radius 1 is 1.12 bits per heavy atom. The van der Waals surface area contributed by atoms with Crippen LogP contribution in [0.5, 0.6) is 11.5 Å². The van der Waals surface area contributed by atoms with Crippen LogP contribution < -0.4 is 30.7 Å². The van der Waals surface area contributed by atoms with E-state index in [1.807, 2.05) is 86.0 Å². The first-order valence-electron chi connectivity index (χ1n) is 17.1. The van der Waals surface area contributed by atoms with Gasteiger partial charge in [-0.3, -0.25) is 9.72 Å². The number of nitrogens with zero attached hydrogens (tertiary/aromatic N) is 5. The molecule has 0 spiro atoms. The molecule has 2 amide bonds. The van der Waals surface area contributed by atoms with E-state index in [9.17, 15) is 4.79 Å². The molecule has 264 valence electrons. The number of rotatable bonds is 9. The zero-order valence-electron chi connectivity index (χ0n) is 29.1. The van der Waals surface area contributed by atoms with Crippen LogP contribution in [0.2, 0.25) is 0 Å². The molecule has 2 aromatic carbocycles. The molecular weight excluding hydrogens is 636 g/mol. The van der Waals surface area contributed by atoms with Crippen molar-refractivity contribution in [1.29, 1.82) is 0 Å².